The first-order valence-electron chi connectivity index (χ1n) is 15.0. The summed E-state index contributed by atoms with van der Waals surface area (Å²) in [4.78, 5) is 28.5. The van der Waals surface area contributed by atoms with Gasteiger partial charge in [-0.05, 0) is 88.8 Å². The Bertz CT molecular complexity index is 1760. The van der Waals surface area contributed by atoms with E-state index in [1.807, 2.05) is 44.2 Å². The average Bonchev–Trinajstić information content (AvgIpc) is 3.74. The van der Waals surface area contributed by atoms with E-state index < -0.39 is 27.3 Å². The Balaban J connectivity index is 1.27. The molecule has 2 heterocycles. The number of fused-ring (bicyclic) bond motifs is 1. The number of anilines is 2. The van der Waals surface area contributed by atoms with Crippen molar-refractivity contribution in [3.8, 4) is 11.3 Å². The topological polar surface area (TPSA) is 128 Å². The van der Waals surface area contributed by atoms with Crippen LogP contribution in [0.3, 0.4) is 0 Å². The molecular weight excluding hydrogens is 581 g/mol. The summed E-state index contributed by atoms with van der Waals surface area (Å²) in [6, 6.07) is 14.1. The Kier molecular flexibility index (Phi) is 8.25. The van der Waals surface area contributed by atoms with Crippen molar-refractivity contribution in [3.63, 3.8) is 0 Å². The second-order valence-electron chi connectivity index (χ2n) is 12.4. The van der Waals surface area contributed by atoms with Crippen molar-refractivity contribution in [1.82, 2.24) is 24.4 Å². The van der Waals surface area contributed by atoms with Gasteiger partial charge in [-0.1, -0.05) is 36.4 Å². The smallest absolute Gasteiger partial charge is 0.278 e. The molecule has 1 unspecified atom stereocenters. The van der Waals surface area contributed by atoms with Gasteiger partial charge in [0.1, 0.15) is 21.9 Å². The Morgan fingerprint density at radius 2 is 1.82 bits per heavy atom. The van der Waals surface area contributed by atoms with Gasteiger partial charge < -0.3 is 20.1 Å². The Morgan fingerprint density at radius 3 is 2.45 bits per heavy atom. The van der Waals surface area contributed by atoms with E-state index in [1.54, 1.807) is 16.8 Å². The van der Waals surface area contributed by atoms with Crippen LogP contribution in [0, 0.1) is 5.82 Å². The lowest BCUT2D eigenvalue weighted by Gasteiger charge is -2.32. The summed E-state index contributed by atoms with van der Waals surface area (Å²) in [7, 11) is 4.22. The lowest BCUT2D eigenvalue weighted by Crippen LogP contribution is -2.36. The normalized spacial score (nSPS) is 24.0. The van der Waals surface area contributed by atoms with Crippen LogP contribution in [-0.4, -0.2) is 64.2 Å². The third-order valence-corrected chi connectivity index (χ3v) is 10.1. The largest absolute Gasteiger partial charge is 0.771 e. The SMILES string of the molecule is CC(C)n1c(=O)c(-c2ccc(N[C@]3(S(=O)[O-])C[C@H]3c3ccccc3)c(F)c2)nc2cnc(NC3CCC(N(C)C)CC3)nc21. The molecule has 2 aliphatic carbocycles. The van der Waals surface area contributed by atoms with Gasteiger partial charge in [-0.25, -0.2) is 14.4 Å². The molecule has 232 valence electrons. The van der Waals surface area contributed by atoms with Gasteiger partial charge in [-0.15, -0.1) is 0 Å². The molecule has 2 saturated carbocycles. The van der Waals surface area contributed by atoms with Crippen LogP contribution in [0.2, 0.25) is 0 Å². The summed E-state index contributed by atoms with van der Waals surface area (Å²) in [5, 5.41) is 6.36. The van der Waals surface area contributed by atoms with Crippen molar-refractivity contribution < 1.29 is 13.2 Å². The maximum atomic E-state index is 15.5. The van der Waals surface area contributed by atoms with Crippen LogP contribution < -0.4 is 16.2 Å². The molecule has 10 nitrogen and oxygen atoms in total. The number of rotatable bonds is 9. The maximum Gasteiger partial charge on any atom is 0.278 e. The molecule has 2 N–H and O–H groups in total. The van der Waals surface area contributed by atoms with E-state index in [0.717, 1.165) is 31.2 Å². The number of halogens is 1. The second-order valence-corrected chi connectivity index (χ2v) is 13.6. The van der Waals surface area contributed by atoms with Crippen molar-refractivity contribution in [2.75, 3.05) is 24.7 Å². The van der Waals surface area contributed by atoms with E-state index in [9.17, 15) is 13.6 Å². The Labute approximate surface area is 258 Å². The summed E-state index contributed by atoms with van der Waals surface area (Å²) >= 11 is -2.50. The molecule has 2 fully saturated rings. The minimum Gasteiger partial charge on any atom is -0.771 e. The van der Waals surface area contributed by atoms with Crippen molar-refractivity contribution in [2.24, 2.45) is 0 Å². The van der Waals surface area contributed by atoms with Gasteiger partial charge in [0.15, 0.2) is 5.65 Å². The third-order valence-electron chi connectivity index (χ3n) is 8.91. The van der Waals surface area contributed by atoms with Gasteiger partial charge in [0.25, 0.3) is 5.56 Å². The molecule has 0 bridgehead atoms. The van der Waals surface area contributed by atoms with E-state index in [-0.39, 0.29) is 34.9 Å². The fraction of sp³-hybridized carbons (Fsp3) is 0.438. The van der Waals surface area contributed by atoms with Gasteiger partial charge in [0.05, 0.1) is 11.9 Å². The zero-order chi connectivity index (χ0) is 31.2. The molecule has 12 heteroatoms. The summed E-state index contributed by atoms with van der Waals surface area (Å²) in [6.45, 7) is 3.77. The van der Waals surface area contributed by atoms with Gasteiger partial charge in [-0.3, -0.25) is 13.6 Å². The van der Waals surface area contributed by atoms with Crippen molar-refractivity contribution in [1.29, 1.82) is 0 Å². The fourth-order valence-corrected chi connectivity index (χ4v) is 7.19. The third kappa shape index (κ3) is 5.73. The quantitative estimate of drug-likeness (QED) is 0.248. The molecule has 2 aliphatic rings. The van der Waals surface area contributed by atoms with E-state index in [0.29, 0.717) is 29.6 Å². The predicted octanol–water partition coefficient (Wildman–Crippen LogP) is 5.03. The second kappa shape index (κ2) is 12.0. The number of aromatic nitrogens is 4. The number of hydrogen-bond donors (Lipinski definition) is 2. The summed E-state index contributed by atoms with van der Waals surface area (Å²) < 4.78 is 41.6. The highest BCUT2D eigenvalue weighted by atomic mass is 32.2. The highest BCUT2D eigenvalue weighted by molar-refractivity contribution is 7.81. The average molecular weight is 619 g/mol. The first-order chi connectivity index (χ1) is 21.1. The monoisotopic (exact) mass is 618 g/mol. The standard InChI is InChI=1S/C32H38FN7O3S/c1-19(2)40-29-27(18-34-31(37-29)35-22-11-13-23(14-12-22)39(3)4)36-28(30(40)41)21-10-15-26(25(33)16-21)38-32(44(42)43)17-24(32)20-8-6-5-7-9-20/h5-10,15-16,18-19,22-24,38H,11-14,17H2,1-4H3,(H,42,43)(H,34,35,37)/p-1/t22?,23?,24-,32-/m0/s1. The summed E-state index contributed by atoms with van der Waals surface area (Å²) in [5.74, 6) is -0.522. The molecule has 2 aromatic carbocycles. The van der Waals surface area contributed by atoms with Gasteiger partial charge >= 0.3 is 0 Å². The van der Waals surface area contributed by atoms with Gasteiger partial charge in [0.2, 0.25) is 5.95 Å². The van der Waals surface area contributed by atoms with Crippen LogP contribution in [0.25, 0.3) is 22.4 Å². The van der Waals surface area contributed by atoms with E-state index in [1.165, 1.54) is 12.1 Å². The molecule has 3 atom stereocenters. The zero-order valence-corrected chi connectivity index (χ0v) is 26.1. The highest BCUT2D eigenvalue weighted by Gasteiger charge is 2.57. The van der Waals surface area contributed by atoms with Gasteiger partial charge in [-0.2, -0.15) is 4.98 Å². The van der Waals surface area contributed by atoms with Crippen molar-refractivity contribution in [3.05, 3.63) is 76.5 Å². The fourth-order valence-electron chi connectivity index (χ4n) is 6.33. The van der Waals surface area contributed by atoms with E-state index in [2.05, 4.69) is 39.6 Å². The zero-order valence-electron chi connectivity index (χ0n) is 25.3. The molecular formula is C32H37FN7O3S-. The number of nitrogens with zero attached hydrogens (tertiary/aromatic N) is 5. The van der Waals surface area contributed by atoms with Crippen LogP contribution in [0.5, 0.6) is 0 Å². The highest BCUT2D eigenvalue weighted by Crippen LogP contribution is 2.55. The van der Waals surface area contributed by atoms with Crippen LogP contribution in [-0.2, 0) is 11.1 Å². The minimum atomic E-state index is -2.50. The number of hydrogen-bond acceptors (Lipinski definition) is 9. The van der Waals surface area contributed by atoms with Crippen LogP contribution in [0.1, 0.15) is 63.5 Å². The predicted molar refractivity (Wildman–Crippen MR) is 170 cm³/mol. The van der Waals surface area contributed by atoms with Gasteiger partial charge in [0, 0.05) is 29.6 Å². The first-order valence-corrected chi connectivity index (χ1v) is 16.1. The summed E-state index contributed by atoms with van der Waals surface area (Å²) in [6.07, 6.45) is 6.12. The molecule has 0 radical (unpaired) electrons. The van der Waals surface area contributed by atoms with Crippen LogP contribution >= 0.6 is 0 Å². The van der Waals surface area contributed by atoms with E-state index in [4.69, 9.17) is 4.98 Å². The van der Waals surface area contributed by atoms with E-state index >= 15 is 4.39 Å². The molecule has 2 aromatic heterocycles. The molecule has 0 aliphatic heterocycles. The molecule has 44 heavy (non-hydrogen) atoms. The van der Waals surface area contributed by atoms with Crippen molar-refractivity contribution >= 4 is 33.9 Å². The van der Waals surface area contributed by atoms with Crippen molar-refractivity contribution in [2.45, 2.75) is 74.9 Å². The Hall–Kier alpha value is -3.74. The van der Waals surface area contributed by atoms with Crippen LogP contribution in [0.4, 0.5) is 16.0 Å². The Morgan fingerprint density at radius 1 is 1.09 bits per heavy atom. The molecule has 0 spiro atoms. The molecule has 6 rings (SSSR count). The van der Waals surface area contributed by atoms with Crippen LogP contribution in [0.15, 0.2) is 59.5 Å². The number of benzene rings is 2. The molecule has 4 aromatic rings. The molecule has 0 amide bonds. The lowest BCUT2D eigenvalue weighted by atomic mass is 9.91. The summed E-state index contributed by atoms with van der Waals surface area (Å²) in [5.41, 5.74) is 1.69. The maximum absolute atomic E-state index is 15.5. The minimum absolute atomic E-state index is 0.0417. The molecule has 0 saturated heterocycles. The number of nitrogens with one attached hydrogen (secondary N) is 2. The lowest BCUT2D eigenvalue weighted by molar-refractivity contribution is 0.221. The first kappa shape index (κ1) is 30.3.